The monoisotopic (exact) mass is 299 g/mol. The van der Waals surface area contributed by atoms with Gasteiger partial charge in [0, 0.05) is 13.2 Å². The van der Waals surface area contributed by atoms with E-state index in [9.17, 15) is 14.0 Å². The first-order valence-electron chi connectivity index (χ1n) is 6.49. The summed E-state index contributed by atoms with van der Waals surface area (Å²) < 4.78 is 18.8. The zero-order valence-corrected chi connectivity index (χ0v) is 11.9. The summed E-state index contributed by atoms with van der Waals surface area (Å²) in [5.74, 6) is -1.97. The van der Waals surface area contributed by atoms with Gasteiger partial charge in [0.25, 0.3) is 11.7 Å². The number of amides is 1. The minimum Gasteiger partial charge on any atom is -0.380 e. The minimum absolute atomic E-state index is 0.148. The summed E-state index contributed by atoms with van der Waals surface area (Å²) in [5, 5.41) is -0.161. The van der Waals surface area contributed by atoms with Crippen molar-refractivity contribution < 1.29 is 18.7 Å². The zero-order valence-electron chi connectivity index (χ0n) is 11.1. The Morgan fingerprint density at radius 2 is 2.05 bits per heavy atom. The minimum atomic E-state index is -0.666. The number of ketones is 1. The van der Waals surface area contributed by atoms with E-state index in [1.54, 1.807) is 0 Å². The highest BCUT2D eigenvalue weighted by molar-refractivity contribution is 6.52. The van der Waals surface area contributed by atoms with E-state index in [0.29, 0.717) is 13.2 Å². The molecule has 0 aromatic heterocycles. The van der Waals surface area contributed by atoms with Gasteiger partial charge in [-0.3, -0.25) is 9.59 Å². The Kier molecular flexibility index (Phi) is 4.73. The molecule has 1 aliphatic heterocycles. The largest absolute Gasteiger partial charge is 0.380 e. The van der Waals surface area contributed by atoms with Gasteiger partial charge in [0.15, 0.2) is 0 Å². The van der Waals surface area contributed by atoms with Crippen LogP contribution in [0.2, 0.25) is 5.02 Å². The van der Waals surface area contributed by atoms with E-state index >= 15 is 0 Å². The first-order chi connectivity index (χ1) is 9.56. The molecule has 4 nitrogen and oxygen atoms in total. The molecule has 20 heavy (non-hydrogen) atoms. The second kappa shape index (κ2) is 6.33. The van der Waals surface area contributed by atoms with Crippen molar-refractivity contribution in [3.05, 3.63) is 28.5 Å². The maximum atomic E-state index is 13.5. The third-order valence-corrected chi connectivity index (χ3v) is 3.40. The highest BCUT2D eigenvalue weighted by Crippen LogP contribution is 2.32. The lowest BCUT2D eigenvalue weighted by Gasteiger charge is -2.16. The van der Waals surface area contributed by atoms with Crippen molar-refractivity contribution in [3.63, 3.8) is 0 Å². The molecule has 0 radical (unpaired) electrons. The molecular formula is C14H15ClFNO3. The molecule has 1 aliphatic rings. The Balaban J connectivity index is 2.10. The molecule has 0 saturated heterocycles. The number of hydrogen-bond acceptors (Lipinski definition) is 3. The fourth-order valence-corrected chi connectivity index (χ4v) is 2.18. The smallest absolute Gasteiger partial charge is 0.299 e. The van der Waals surface area contributed by atoms with Gasteiger partial charge in [0.2, 0.25) is 0 Å². The molecule has 1 amide bonds. The molecule has 0 N–H and O–H groups in total. The van der Waals surface area contributed by atoms with Crippen LogP contribution in [0.4, 0.5) is 10.1 Å². The van der Waals surface area contributed by atoms with Gasteiger partial charge in [-0.05, 0) is 18.6 Å². The van der Waals surface area contributed by atoms with Crippen LogP contribution >= 0.6 is 11.6 Å². The SMILES string of the molecule is CCCCOCCN1C(=O)C(=O)c2cc(Cl)c(F)cc21. The number of carbonyl (C=O) groups excluding carboxylic acids is 2. The predicted octanol–water partition coefficient (Wildman–Crippen LogP) is 2.83. The molecule has 108 valence electrons. The Labute approximate surface area is 121 Å². The van der Waals surface area contributed by atoms with E-state index in [1.165, 1.54) is 11.0 Å². The molecule has 0 spiro atoms. The maximum absolute atomic E-state index is 13.5. The van der Waals surface area contributed by atoms with Gasteiger partial charge in [0.05, 0.1) is 22.9 Å². The average Bonchev–Trinajstić information content (AvgIpc) is 2.64. The van der Waals surface area contributed by atoms with E-state index in [2.05, 4.69) is 6.92 Å². The first kappa shape index (κ1) is 14.9. The number of fused-ring (bicyclic) bond motifs is 1. The van der Waals surface area contributed by atoms with Gasteiger partial charge in [-0.1, -0.05) is 24.9 Å². The summed E-state index contributed by atoms with van der Waals surface area (Å²) in [6.45, 7) is 3.19. The lowest BCUT2D eigenvalue weighted by atomic mass is 10.1. The standard InChI is InChI=1S/C14H15ClFNO3/c1-2-3-5-20-6-4-17-12-8-11(16)10(15)7-9(12)13(18)14(17)19/h7-8H,2-6H2,1H3. The van der Waals surface area contributed by atoms with E-state index < -0.39 is 17.5 Å². The van der Waals surface area contributed by atoms with Crippen LogP contribution in [0, 0.1) is 5.82 Å². The van der Waals surface area contributed by atoms with Crippen molar-refractivity contribution in [3.8, 4) is 0 Å². The topological polar surface area (TPSA) is 46.6 Å². The van der Waals surface area contributed by atoms with Crippen LogP contribution in [0.5, 0.6) is 0 Å². The van der Waals surface area contributed by atoms with E-state index in [-0.39, 0.29) is 22.8 Å². The number of Topliss-reactive ketones (excluding diaryl/α,β-unsaturated/α-hetero) is 1. The van der Waals surface area contributed by atoms with Crippen LogP contribution in [0.15, 0.2) is 12.1 Å². The molecule has 0 fully saturated rings. The number of halogens is 2. The number of nitrogens with zero attached hydrogens (tertiary/aromatic N) is 1. The number of hydrogen-bond donors (Lipinski definition) is 0. The van der Waals surface area contributed by atoms with Crippen molar-refractivity contribution in [1.29, 1.82) is 0 Å². The van der Waals surface area contributed by atoms with Gasteiger partial charge in [-0.25, -0.2) is 4.39 Å². The van der Waals surface area contributed by atoms with Crippen LogP contribution in [-0.2, 0) is 9.53 Å². The molecule has 0 aliphatic carbocycles. The second-order valence-corrected chi connectivity index (χ2v) is 4.94. The summed E-state index contributed by atoms with van der Waals surface area (Å²) in [5.41, 5.74) is 0.413. The summed E-state index contributed by atoms with van der Waals surface area (Å²) in [7, 11) is 0. The lowest BCUT2D eigenvalue weighted by Crippen LogP contribution is -2.33. The normalized spacial score (nSPS) is 14.1. The van der Waals surface area contributed by atoms with E-state index in [0.717, 1.165) is 18.9 Å². The Morgan fingerprint density at radius 3 is 2.75 bits per heavy atom. The number of ether oxygens (including phenoxy) is 1. The predicted molar refractivity (Wildman–Crippen MR) is 73.8 cm³/mol. The Hall–Kier alpha value is -1.46. The fraction of sp³-hybridized carbons (Fsp3) is 0.429. The quantitative estimate of drug-likeness (QED) is 0.599. The summed E-state index contributed by atoms with van der Waals surface area (Å²) in [6, 6.07) is 2.32. The van der Waals surface area contributed by atoms with Crippen LogP contribution in [0.1, 0.15) is 30.1 Å². The first-order valence-corrected chi connectivity index (χ1v) is 6.87. The molecule has 1 aromatic carbocycles. The molecule has 2 rings (SSSR count). The maximum Gasteiger partial charge on any atom is 0.299 e. The molecule has 0 atom stereocenters. The van der Waals surface area contributed by atoms with Crippen molar-refractivity contribution in [2.75, 3.05) is 24.7 Å². The summed E-state index contributed by atoms with van der Waals surface area (Å²) >= 11 is 5.63. The zero-order chi connectivity index (χ0) is 14.7. The molecule has 1 aromatic rings. The number of benzene rings is 1. The molecule has 0 unspecified atom stereocenters. The Bertz CT molecular complexity index is 547. The van der Waals surface area contributed by atoms with Gasteiger partial charge < -0.3 is 9.64 Å². The van der Waals surface area contributed by atoms with Gasteiger partial charge in [-0.2, -0.15) is 0 Å². The van der Waals surface area contributed by atoms with E-state index in [4.69, 9.17) is 16.3 Å². The van der Waals surface area contributed by atoms with Crippen molar-refractivity contribution >= 4 is 29.0 Å². The van der Waals surface area contributed by atoms with Crippen LogP contribution in [-0.4, -0.2) is 31.4 Å². The van der Waals surface area contributed by atoms with Gasteiger partial charge in [-0.15, -0.1) is 0 Å². The molecule has 0 bridgehead atoms. The molecular weight excluding hydrogens is 285 g/mol. The average molecular weight is 300 g/mol. The van der Waals surface area contributed by atoms with Crippen molar-refractivity contribution in [1.82, 2.24) is 0 Å². The van der Waals surface area contributed by atoms with Gasteiger partial charge in [0.1, 0.15) is 5.82 Å². The van der Waals surface area contributed by atoms with Gasteiger partial charge >= 0.3 is 0 Å². The number of unbranched alkanes of at least 4 members (excludes halogenated alkanes) is 1. The second-order valence-electron chi connectivity index (χ2n) is 4.54. The van der Waals surface area contributed by atoms with Crippen molar-refractivity contribution in [2.24, 2.45) is 0 Å². The number of rotatable bonds is 6. The lowest BCUT2D eigenvalue weighted by molar-refractivity contribution is -0.114. The highest BCUT2D eigenvalue weighted by atomic mass is 35.5. The number of anilines is 1. The molecule has 0 saturated carbocycles. The third kappa shape index (κ3) is 2.83. The fourth-order valence-electron chi connectivity index (χ4n) is 2.01. The third-order valence-electron chi connectivity index (χ3n) is 3.11. The summed E-state index contributed by atoms with van der Waals surface area (Å²) in [6.07, 6.45) is 1.96. The van der Waals surface area contributed by atoms with Crippen molar-refractivity contribution in [2.45, 2.75) is 19.8 Å². The van der Waals surface area contributed by atoms with Crippen LogP contribution in [0.25, 0.3) is 0 Å². The van der Waals surface area contributed by atoms with Crippen LogP contribution < -0.4 is 4.90 Å². The Morgan fingerprint density at radius 1 is 1.30 bits per heavy atom. The van der Waals surface area contributed by atoms with Crippen LogP contribution in [0.3, 0.4) is 0 Å². The summed E-state index contributed by atoms with van der Waals surface area (Å²) in [4.78, 5) is 24.9. The number of carbonyl (C=O) groups is 2. The highest BCUT2D eigenvalue weighted by Gasteiger charge is 2.36. The molecule has 1 heterocycles. The van der Waals surface area contributed by atoms with E-state index in [1.807, 2.05) is 0 Å². The molecule has 6 heteroatoms.